The van der Waals surface area contributed by atoms with Crippen LogP contribution in [-0.4, -0.2) is 47.3 Å². The second kappa shape index (κ2) is 6.01. The highest BCUT2D eigenvalue weighted by Gasteiger charge is 2.54. The Morgan fingerprint density at radius 2 is 1.83 bits per heavy atom. The number of hydrogen-bond donors (Lipinski definition) is 1. The molecule has 5 heteroatoms. The molecule has 0 aromatic heterocycles. The summed E-state index contributed by atoms with van der Waals surface area (Å²) in [5, 5.41) is 11.0. The smallest absolute Gasteiger partial charge is 0.233 e. The molecule has 2 aliphatic heterocycles. The van der Waals surface area contributed by atoms with Crippen LogP contribution in [-0.2, 0) is 14.9 Å². The van der Waals surface area contributed by atoms with E-state index >= 15 is 0 Å². The van der Waals surface area contributed by atoms with Gasteiger partial charge in [0.05, 0.1) is 17.1 Å². The minimum atomic E-state index is -0.425. The maximum atomic E-state index is 13.1. The highest BCUT2D eigenvalue weighted by atomic mass is 35.5. The van der Waals surface area contributed by atoms with Crippen molar-refractivity contribution < 1.29 is 14.6 Å². The monoisotopic (exact) mass is 349 g/mol. The van der Waals surface area contributed by atoms with Gasteiger partial charge < -0.3 is 14.7 Å². The average molecular weight is 350 g/mol. The molecule has 3 aliphatic rings. The molecule has 1 aliphatic carbocycles. The number of amides is 1. The molecule has 1 unspecified atom stereocenters. The topological polar surface area (TPSA) is 49.8 Å². The predicted molar refractivity (Wildman–Crippen MR) is 92.1 cm³/mol. The number of carbonyl (C=O) groups is 1. The molecule has 4 nitrogen and oxygen atoms in total. The van der Waals surface area contributed by atoms with Gasteiger partial charge in [0.15, 0.2) is 0 Å². The zero-order chi connectivity index (χ0) is 16.8. The van der Waals surface area contributed by atoms with E-state index in [2.05, 4.69) is 0 Å². The molecule has 1 N–H and O–H groups in total. The second-order valence-electron chi connectivity index (χ2n) is 7.45. The van der Waals surface area contributed by atoms with Crippen LogP contribution in [0.5, 0.6) is 0 Å². The number of piperidine rings is 1. The first-order valence-electron chi connectivity index (χ1n) is 8.93. The second-order valence-corrected chi connectivity index (χ2v) is 7.89. The number of aliphatic hydroxyl groups is 1. The largest absolute Gasteiger partial charge is 0.390 e. The summed E-state index contributed by atoms with van der Waals surface area (Å²) in [5.74, 6) is 0.227. The Labute approximate surface area is 147 Å². The van der Waals surface area contributed by atoms with Crippen LogP contribution in [0.15, 0.2) is 24.3 Å². The number of rotatable bonds is 2. The Balaban J connectivity index is 1.46. The zero-order valence-corrected chi connectivity index (χ0v) is 14.6. The van der Waals surface area contributed by atoms with Crippen LogP contribution in [0.1, 0.15) is 44.1 Å². The van der Waals surface area contributed by atoms with Crippen LogP contribution >= 0.6 is 11.6 Å². The van der Waals surface area contributed by atoms with Crippen molar-refractivity contribution in [3.63, 3.8) is 0 Å². The summed E-state index contributed by atoms with van der Waals surface area (Å²) in [5.41, 5.74) is 0.304. The van der Waals surface area contributed by atoms with E-state index in [1.807, 2.05) is 29.2 Å². The van der Waals surface area contributed by atoms with Crippen molar-refractivity contribution in [3.8, 4) is 0 Å². The lowest BCUT2D eigenvalue weighted by atomic mass is 9.81. The van der Waals surface area contributed by atoms with E-state index in [0.29, 0.717) is 18.1 Å². The summed E-state index contributed by atoms with van der Waals surface area (Å²) in [7, 11) is 0. The summed E-state index contributed by atoms with van der Waals surface area (Å²) in [4.78, 5) is 15.1. The molecule has 2 heterocycles. The van der Waals surface area contributed by atoms with Gasteiger partial charge in [-0.1, -0.05) is 23.7 Å². The van der Waals surface area contributed by atoms with Crippen molar-refractivity contribution in [3.05, 3.63) is 34.9 Å². The number of nitrogens with zero attached hydrogens (tertiary/aromatic N) is 1. The molecule has 1 atom stereocenters. The number of carbonyl (C=O) groups excluding carboxylic acids is 1. The predicted octanol–water partition coefficient (Wildman–Crippen LogP) is 2.90. The summed E-state index contributed by atoms with van der Waals surface area (Å²) >= 11 is 5.97. The first kappa shape index (κ1) is 16.4. The first-order chi connectivity index (χ1) is 11.6. The first-order valence-corrected chi connectivity index (χ1v) is 9.31. The van der Waals surface area contributed by atoms with Gasteiger partial charge in [-0.15, -0.1) is 0 Å². The Bertz CT molecular complexity index is 618. The van der Waals surface area contributed by atoms with Crippen molar-refractivity contribution in [1.82, 2.24) is 4.90 Å². The fourth-order valence-corrected chi connectivity index (χ4v) is 4.43. The number of likely N-dealkylation sites (tertiary alicyclic amines) is 1. The summed E-state index contributed by atoms with van der Waals surface area (Å²) in [6.45, 7) is 2.07. The van der Waals surface area contributed by atoms with Gasteiger partial charge in [0.1, 0.15) is 0 Å². The van der Waals surface area contributed by atoms with Gasteiger partial charge in [0.2, 0.25) is 5.91 Å². The maximum absolute atomic E-state index is 13.1. The third-order valence-electron chi connectivity index (χ3n) is 6.07. The van der Waals surface area contributed by atoms with Crippen LogP contribution < -0.4 is 0 Å². The Hall–Kier alpha value is -1.10. The van der Waals surface area contributed by atoms with Gasteiger partial charge in [-0.3, -0.25) is 4.79 Å². The quantitative estimate of drug-likeness (QED) is 0.893. The van der Waals surface area contributed by atoms with Crippen molar-refractivity contribution in [1.29, 1.82) is 0 Å². The molecule has 1 saturated carbocycles. The highest BCUT2D eigenvalue weighted by Crippen LogP contribution is 2.50. The van der Waals surface area contributed by atoms with E-state index in [4.69, 9.17) is 16.3 Å². The van der Waals surface area contributed by atoms with Crippen LogP contribution in [0, 0.1) is 0 Å². The zero-order valence-electron chi connectivity index (χ0n) is 13.8. The van der Waals surface area contributed by atoms with E-state index in [1.165, 1.54) is 0 Å². The van der Waals surface area contributed by atoms with Gasteiger partial charge in [-0.05, 0) is 56.2 Å². The van der Waals surface area contributed by atoms with E-state index in [9.17, 15) is 9.90 Å². The Morgan fingerprint density at radius 3 is 2.42 bits per heavy atom. The lowest BCUT2D eigenvalue weighted by Crippen LogP contribution is -2.57. The molecule has 4 rings (SSSR count). The molecule has 2 saturated heterocycles. The molecule has 0 bridgehead atoms. The number of ether oxygens (including phenoxy) is 1. The minimum absolute atomic E-state index is 0.227. The summed E-state index contributed by atoms with van der Waals surface area (Å²) in [6.07, 6.45) is 4.62. The van der Waals surface area contributed by atoms with Crippen molar-refractivity contribution >= 4 is 17.5 Å². The van der Waals surface area contributed by atoms with Crippen LogP contribution in [0.4, 0.5) is 0 Å². The number of benzene rings is 1. The van der Waals surface area contributed by atoms with Gasteiger partial charge in [-0.2, -0.15) is 0 Å². The standard InChI is InChI=1S/C19H24ClNO3/c20-15-5-3-14(4-6-15)18(7-8-18)17(23)21-11-9-19(10-12-21)16(22)2-1-13-24-19/h3-6,16,22H,1-2,7-13H2. The van der Waals surface area contributed by atoms with E-state index in [0.717, 1.165) is 50.7 Å². The number of hydrogen-bond acceptors (Lipinski definition) is 3. The Morgan fingerprint density at radius 1 is 1.17 bits per heavy atom. The molecule has 1 aromatic rings. The maximum Gasteiger partial charge on any atom is 0.233 e. The van der Waals surface area contributed by atoms with Gasteiger partial charge >= 0.3 is 0 Å². The number of aliphatic hydroxyl groups excluding tert-OH is 1. The molecule has 3 fully saturated rings. The summed E-state index contributed by atoms with van der Waals surface area (Å²) < 4.78 is 5.94. The highest BCUT2D eigenvalue weighted by molar-refractivity contribution is 6.30. The van der Waals surface area contributed by atoms with Gasteiger partial charge in [-0.25, -0.2) is 0 Å². The van der Waals surface area contributed by atoms with Crippen LogP contribution in [0.25, 0.3) is 0 Å². The van der Waals surface area contributed by atoms with Crippen molar-refractivity contribution in [2.75, 3.05) is 19.7 Å². The normalized spacial score (nSPS) is 27.9. The molecule has 24 heavy (non-hydrogen) atoms. The molecular weight excluding hydrogens is 326 g/mol. The van der Waals surface area contributed by atoms with Crippen LogP contribution in [0.2, 0.25) is 5.02 Å². The minimum Gasteiger partial charge on any atom is -0.390 e. The average Bonchev–Trinajstić information content (AvgIpc) is 3.40. The molecule has 0 radical (unpaired) electrons. The molecular formula is C19H24ClNO3. The van der Waals surface area contributed by atoms with Gasteiger partial charge in [0.25, 0.3) is 0 Å². The number of halogens is 1. The Kier molecular flexibility index (Phi) is 4.10. The SMILES string of the molecule is O=C(N1CCC2(CC1)OCCCC2O)C1(c2ccc(Cl)cc2)CC1. The van der Waals surface area contributed by atoms with Crippen LogP contribution in [0.3, 0.4) is 0 Å². The third kappa shape index (κ3) is 2.65. The summed E-state index contributed by atoms with van der Waals surface area (Å²) in [6, 6.07) is 7.68. The fraction of sp³-hybridized carbons (Fsp3) is 0.632. The van der Waals surface area contributed by atoms with E-state index in [-0.39, 0.29) is 11.3 Å². The molecule has 1 spiro atoms. The molecule has 1 aromatic carbocycles. The molecule has 1 amide bonds. The lowest BCUT2D eigenvalue weighted by Gasteiger charge is -2.47. The molecule has 130 valence electrons. The van der Waals surface area contributed by atoms with E-state index in [1.54, 1.807) is 0 Å². The van der Waals surface area contributed by atoms with Crippen molar-refractivity contribution in [2.45, 2.75) is 55.6 Å². The fourth-order valence-electron chi connectivity index (χ4n) is 4.30. The lowest BCUT2D eigenvalue weighted by molar-refractivity contribution is -0.180. The third-order valence-corrected chi connectivity index (χ3v) is 6.32. The van der Waals surface area contributed by atoms with E-state index < -0.39 is 11.7 Å². The van der Waals surface area contributed by atoms with Gasteiger partial charge in [0, 0.05) is 24.7 Å². The van der Waals surface area contributed by atoms with Crippen molar-refractivity contribution in [2.24, 2.45) is 0 Å².